The molecule has 0 radical (unpaired) electrons. The van der Waals surface area contributed by atoms with Crippen molar-refractivity contribution in [2.45, 2.75) is 25.2 Å². The third-order valence-electron chi connectivity index (χ3n) is 4.92. The number of H-pyrrole nitrogens is 1. The van der Waals surface area contributed by atoms with Crippen molar-refractivity contribution in [3.05, 3.63) is 53.9 Å². The Hall–Kier alpha value is -2.38. The van der Waals surface area contributed by atoms with Gasteiger partial charge in [-0.15, -0.1) is 0 Å². The molecule has 4 rings (SSSR count). The predicted molar refractivity (Wildman–Crippen MR) is 92.8 cm³/mol. The van der Waals surface area contributed by atoms with Gasteiger partial charge in [0.25, 0.3) is 0 Å². The second-order valence-electron chi connectivity index (χ2n) is 6.58. The van der Waals surface area contributed by atoms with Crippen LogP contribution >= 0.6 is 0 Å². The molecule has 0 bridgehead atoms. The number of hydrogen-bond acceptors (Lipinski definition) is 4. The van der Waals surface area contributed by atoms with E-state index in [2.05, 4.69) is 44.7 Å². The third-order valence-corrected chi connectivity index (χ3v) is 4.92. The highest BCUT2D eigenvalue weighted by molar-refractivity contribution is 5.74. The molecule has 1 aromatic carbocycles. The van der Waals surface area contributed by atoms with Crippen LogP contribution in [0.3, 0.4) is 0 Å². The van der Waals surface area contributed by atoms with Crippen molar-refractivity contribution in [1.82, 2.24) is 25.3 Å². The van der Waals surface area contributed by atoms with E-state index < -0.39 is 0 Å². The summed E-state index contributed by atoms with van der Waals surface area (Å²) in [7, 11) is 0. The topological polar surface area (TPSA) is 73.5 Å². The lowest BCUT2D eigenvalue weighted by molar-refractivity contribution is -0.0503. The van der Waals surface area contributed by atoms with Gasteiger partial charge in [0.15, 0.2) is 0 Å². The quantitative estimate of drug-likeness (QED) is 0.877. The third kappa shape index (κ3) is 3.67. The molecule has 25 heavy (non-hydrogen) atoms. The molecule has 1 aromatic heterocycles. The van der Waals surface area contributed by atoms with E-state index in [4.69, 9.17) is 4.74 Å². The average molecular weight is 341 g/mol. The number of fused-ring (bicyclic) bond motifs is 1. The Labute approximate surface area is 147 Å². The molecule has 2 aliphatic rings. The first-order valence-corrected chi connectivity index (χ1v) is 8.70. The Morgan fingerprint density at radius 1 is 1.28 bits per heavy atom. The van der Waals surface area contributed by atoms with Crippen LogP contribution in [0.25, 0.3) is 0 Å². The molecule has 3 heterocycles. The number of nitrogens with one attached hydrogen (secondary N) is 2. The summed E-state index contributed by atoms with van der Waals surface area (Å²) in [6.07, 6.45) is 1.77. The average Bonchev–Trinajstić information content (AvgIpc) is 3.30. The zero-order chi connectivity index (χ0) is 17.1. The molecule has 2 saturated heterocycles. The van der Waals surface area contributed by atoms with E-state index >= 15 is 0 Å². The second kappa shape index (κ2) is 7.25. The summed E-state index contributed by atoms with van der Waals surface area (Å²) in [5.74, 6) is 0. The van der Waals surface area contributed by atoms with Crippen LogP contribution in [0.15, 0.2) is 42.6 Å². The van der Waals surface area contributed by atoms with Crippen molar-refractivity contribution in [3.63, 3.8) is 0 Å². The predicted octanol–water partition coefficient (Wildman–Crippen LogP) is 1.20. The number of aromatic amines is 1. The molecule has 2 aromatic rings. The Morgan fingerprint density at radius 3 is 2.96 bits per heavy atom. The smallest absolute Gasteiger partial charge is 0.317 e. The molecule has 2 N–H and O–H groups in total. The number of hydrogen-bond donors (Lipinski definition) is 2. The fourth-order valence-electron chi connectivity index (χ4n) is 3.60. The van der Waals surface area contributed by atoms with Crippen molar-refractivity contribution in [1.29, 1.82) is 0 Å². The Bertz CT molecular complexity index is 691. The van der Waals surface area contributed by atoms with Crippen molar-refractivity contribution >= 4 is 6.03 Å². The molecule has 0 unspecified atom stereocenters. The Kier molecular flexibility index (Phi) is 4.67. The van der Waals surface area contributed by atoms with Crippen LogP contribution < -0.4 is 5.32 Å². The second-order valence-corrected chi connectivity index (χ2v) is 6.58. The van der Waals surface area contributed by atoms with Crippen LogP contribution in [0.4, 0.5) is 4.79 Å². The van der Waals surface area contributed by atoms with Crippen molar-refractivity contribution in [2.75, 3.05) is 26.2 Å². The standard InChI is InChI=1S/C18H23N5O2/c24-18(19-10-15-6-7-20-21-15)23-12-16-17(13-23)25-9-8-22(16)11-14-4-2-1-3-5-14/h1-7,16-17H,8-13H2,(H,19,24)(H,20,21)/t16-,17-/m1/s1. The number of morpholine rings is 1. The molecular weight excluding hydrogens is 318 g/mol. The number of urea groups is 1. The lowest BCUT2D eigenvalue weighted by Crippen LogP contribution is -2.50. The minimum absolute atomic E-state index is 0.0488. The van der Waals surface area contributed by atoms with Gasteiger partial charge < -0.3 is 15.0 Å². The first-order chi connectivity index (χ1) is 12.3. The van der Waals surface area contributed by atoms with E-state index in [1.807, 2.05) is 17.0 Å². The summed E-state index contributed by atoms with van der Waals surface area (Å²) in [5, 5.41) is 9.68. The van der Waals surface area contributed by atoms with E-state index in [-0.39, 0.29) is 18.2 Å². The minimum atomic E-state index is -0.0488. The number of rotatable bonds is 4. The van der Waals surface area contributed by atoms with E-state index in [0.717, 1.165) is 25.4 Å². The highest BCUT2D eigenvalue weighted by Gasteiger charge is 2.41. The zero-order valence-corrected chi connectivity index (χ0v) is 14.1. The van der Waals surface area contributed by atoms with Crippen LogP contribution in [0.2, 0.25) is 0 Å². The zero-order valence-electron chi connectivity index (χ0n) is 14.1. The van der Waals surface area contributed by atoms with Gasteiger partial charge in [0.1, 0.15) is 0 Å². The molecule has 0 saturated carbocycles. The van der Waals surface area contributed by atoms with Crippen LogP contribution in [-0.2, 0) is 17.8 Å². The van der Waals surface area contributed by atoms with Gasteiger partial charge in [-0.3, -0.25) is 10.00 Å². The van der Waals surface area contributed by atoms with Gasteiger partial charge >= 0.3 is 6.03 Å². The van der Waals surface area contributed by atoms with Crippen molar-refractivity contribution < 1.29 is 9.53 Å². The van der Waals surface area contributed by atoms with Gasteiger partial charge in [-0.05, 0) is 11.6 Å². The van der Waals surface area contributed by atoms with Gasteiger partial charge in [-0.25, -0.2) is 4.79 Å². The highest BCUT2D eigenvalue weighted by Crippen LogP contribution is 2.24. The molecule has 2 fully saturated rings. The van der Waals surface area contributed by atoms with Crippen molar-refractivity contribution in [3.8, 4) is 0 Å². The van der Waals surface area contributed by atoms with Crippen molar-refractivity contribution in [2.24, 2.45) is 0 Å². The number of amides is 2. The summed E-state index contributed by atoms with van der Waals surface area (Å²) in [6, 6.07) is 12.5. The Morgan fingerprint density at radius 2 is 2.16 bits per heavy atom. The number of likely N-dealkylation sites (tertiary alicyclic amines) is 1. The molecule has 0 spiro atoms. The molecule has 2 atom stereocenters. The maximum atomic E-state index is 12.5. The van der Waals surface area contributed by atoms with Crippen LogP contribution in [0.5, 0.6) is 0 Å². The summed E-state index contributed by atoms with van der Waals surface area (Å²) in [4.78, 5) is 16.7. The van der Waals surface area contributed by atoms with E-state index in [1.165, 1.54) is 5.56 Å². The van der Waals surface area contributed by atoms with Gasteiger partial charge in [0.05, 0.1) is 37.5 Å². The van der Waals surface area contributed by atoms with Crippen LogP contribution in [0, 0.1) is 0 Å². The number of aromatic nitrogens is 2. The van der Waals surface area contributed by atoms with E-state index in [9.17, 15) is 4.79 Å². The Balaban J connectivity index is 1.36. The van der Waals surface area contributed by atoms with Gasteiger partial charge in [-0.2, -0.15) is 5.10 Å². The fraction of sp³-hybridized carbons (Fsp3) is 0.444. The number of ether oxygens (including phenoxy) is 1. The molecule has 0 aliphatic carbocycles. The van der Waals surface area contributed by atoms with Crippen LogP contribution in [-0.4, -0.2) is 64.4 Å². The first-order valence-electron chi connectivity index (χ1n) is 8.70. The summed E-state index contributed by atoms with van der Waals surface area (Å²) < 4.78 is 5.92. The largest absolute Gasteiger partial charge is 0.373 e. The normalized spacial score (nSPS) is 23.4. The van der Waals surface area contributed by atoms with Gasteiger partial charge in [0, 0.05) is 25.8 Å². The number of carbonyl (C=O) groups is 1. The number of benzene rings is 1. The minimum Gasteiger partial charge on any atom is -0.373 e. The first kappa shape index (κ1) is 16.1. The summed E-state index contributed by atoms with van der Waals surface area (Å²) in [5.41, 5.74) is 2.19. The highest BCUT2D eigenvalue weighted by atomic mass is 16.5. The fourth-order valence-corrected chi connectivity index (χ4v) is 3.60. The molecule has 7 heteroatoms. The molecule has 7 nitrogen and oxygen atoms in total. The maximum Gasteiger partial charge on any atom is 0.317 e. The molecule has 132 valence electrons. The van der Waals surface area contributed by atoms with E-state index in [0.29, 0.717) is 19.6 Å². The van der Waals surface area contributed by atoms with Gasteiger partial charge in [0.2, 0.25) is 0 Å². The van der Waals surface area contributed by atoms with E-state index in [1.54, 1.807) is 6.20 Å². The molecule has 2 amide bonds. The lowest BCUT2D eigenvalue weighted by Gasteiger charge is -2.36. The van der Waals surface area contributed by atoms with Gasteiger partial charge in [-0.1, -0.05) is 30.3 Å². The summed E-state index contributed by atoms with van der Waals surface area (Å²) in [6.45, 7) is 4.32. The molecular formula is C18H23N5O2. The van der Waals surface area contributed by atoms with Crippen LogP contribution in [0.1, 0.15) is 11.3 Å². The number of nitrogens with zero attached hydrogens (tertiary/aromatic N) is 3. The SMILES string of the molecule is O=C(NCc1ccn[nH]1)N1C[C@@H]2[C@@H](C1)OCCN2Cc1ccccc1. The number of carbonyl (C=O) groups excluding carboxylic acids is 1. The monoisotopic (exact) mass is 341 g/mol. The lowest BCUT2D eigenvalue weighted by atomic mass is 10.1. The maximum absolute atomic E-state index is 12.5. The molecule has 2 aliphatic heterocycles. The summed E-state index contributed by atoms with van der Waals surface area (Å²) >= 11 is 0.